The number of nitrogens with one attached hydrogen (secondary N) is 1. The molecule has 0 amide bonds. The van der Waals surface area contributed by atoms with E-state index >= 15 is 0 Å². The van der Waals surface area contributed by atoms with Gasteiger partial charge in [0.25, 0.3) is 0 Å². The SMILES string of the molecule is C=C(CCCC(F)(F)F)C(CCC)NS(=O)(=O)c1ccc(C)cc1. The van der Waals surface area contributed by atoms with Crippen molar-refractivity contribution in [2.24, 2.45) is 0 Å². The molecular weight excluding hydrogens is 339 g/mol. The van der Waals surface area contributed by atoms with Gasteiger partial charge in [0.05, 0.1) is 4.90 Å². The molecular formula is C17H24F3NO2S. The Morgan fingerprint density at radius 2 is 1.83 bits per heavy atom. The fourth-order valence-electron chi connectivity index (χ4n) is 2.30. The van der Waals surface area contributed by atoms with Crippen molar-refractivity contribution in [1.82, 2.24) is 4.72 Å². The summed E-state index contributed by atoms with van der Waals surface area (Å²) in [4.78, 5) is 0.136. The maximum atomic E-state index is 12.4. The summed E-state index contributed by atoms with van der Waals surface area (Å²) in [6, 6.07) is 5.85. The van der Waals surface area contributed by atoms with Gasteiger partial charge in [0.2, 0.25) is 10.0 Å². The lowest BCUT2D eigenvalue weighted by Gasteiger charge is -2.21. The molecule has 1 aromatic carbocycles. The second-order valence-corrected chi connectivity index (χ2v) is 7.62. The molecule has 0 aliphatic carbocycles. The fourth-order valence-corrected chi connectivity index (χ4v) is 3.59. The first-order valence-corrected chi connectivity index (χ1v) is 9.37. The summed E-state index contributed by atoms with van der Waals surface area (Å²) in [6.07, 6.45) is -3.86. The highest BCUT2D eigenvalue weighted by Gasteiger charge is 2.27. The molecule has 0 fully saturated rings. The molecule has 0 aliphatic heterocycles. The van der Waals surface area contributed by atoms with Gasteiger partial charge in [-0.1, -0.05) is 43.2 Å². The predicted molar refractivity (Wildman–Crippen MR) is 89.2 cm³/mol. The lowest BCUT2D eigenvalue weighted by molar-refractivity contribution is -0.135. The molecule has 7 heteroatoms. The van der Waals surface area contributed by atoms with E-state index < -0.39 is 28.7 Å². The van der Waals surface area contributed by atoms with E-state index in [0.717, 1.165) is 5.56 Å². The van der Waals surface area contributed by atoms with Crippen molar-refractivity contribution in [2.75, 3.05) is 0 Å². The number of halogens is 3. The highest BCUT2D eigenvalue weighted by atomic mass is 32.2. The molecule has 24 heavy (non-hydrogen) atoms. The van der Waals surface area contributed by atoms with Crippen LogP contribution in [0.5, 0.6) is 0 Å². The average molecular weight is 363 g/mol. The van der Waals surface area contributed by atoms with E-state index in [2.05, 4.69) is 11.3 Å². The van der Waals surface area contributed by atoms with Crippen LogP contribution in [0.4, 0.5) is 13.2 Å². The Hall–Kier alpha value is -1.34. The zero-order chi connectivity index (χ0) is 18.4. The van der Waals surface area contributed by atoms with E-state index in [1.165, 1.54) is 12.1 Å². The summed E-state index contributed by atoms with van der Waals surface area (Å²) in [5.41, 5.74) is 1.42. The van der Waals surface area contributed by atoms with Crippen LogP contribution in [-0.2, 0) is 10.0 Å². The standard InChI is InChI=1S/C17H24F3NO2S/c1-4-6-16(14(3)7-5-12-17(18,19)20)21-24(22,23)15-10-8-13(2)9-11-15/h8-11,16,21H,3-7,12H2,1-2H3. The minimum absolute atomic E-state index is 0.0885. The minimum Gasteiger partial charge on any atom is -0.207 e. The summed E-state index contributed by atoms with van der Waals surface area (Å²) in [5, 5.41) is 0. The minimum atomic E-state index is -4.21. The normalized spacial score (nSPS) is 13.7. The maximum Gasteiger partial charge on any atom is 0.389 e. The van der Waals surface area contributed by atoms with Crippen LogP contribution >= 0.6 is 0 Å². The number of rotatable bonds is 9. The quantitative estimate of drug-likeness (QED) is 0.645. The van der Waals surface area contributed by atoms with Gasteiger partial charge < -0.3 is 0 Å². The van der Waals surface area contributed by atoms with Crippen molar-refractivity contribution < 1.29 is 21.6 Å². The lowest BCUT2D eigenvalue weighted by Crippen LogP contribution is -2.36. The van der Waals surface area contributed by atoms with Crippen LogP contribution in [0.15, 0.2) is 41.3 Å². The molecule has 0 heterocycles. The Labute approximate surface area is 142 Å². The Bertz CT molecular complexity index is 637. The first kappa shape index (κ1) is 20.7. The molecule has 1 N–H and O–H groups in total. The first-order valence-electron chi connectivity index (χ1n) is 7.88. The highest BCUT2D eigenvalue weighted by molar-refractivity contribution is 7.89. The van der Waals surface area contributed by atoms with Crippen LogP contribution in [0.1, 0.15) is 44.6 Å². The molecule has 0 saturated heterocycles. The van der Waals surface area contributed by atoms with Crippen LogP contribution in [0, 0.1) is 6.92 Å². The Morgan fingerprint density at radius 1 is 1.25 bits per heavy atom. The summed E-state index contributed by atoms with van der Waals surface area (Å²) >= 11 is 0. The summed E-state index contributed by atoms with van der Waals surface area (Å²) in [5.74, 6) is 0. The van der Waals surface area contributed by atoms with E-state index in [4.69, 9.17) is 0 Å². The Balaban J connectivity index is 2.77. The van der Waals surface area contributed by atoms with Crippen molar-refractivity contribution in [3.63, 3.8) is 0 Å². The molecule has 0 radical (unpaired) electrons. The lowest BCUT2D eigenvalue weighted by atomic mass is 10.00. The molecule has 3 nitrogen and oxygen atoms in total. The molecule has 0 aliphatic rings. The zero-order valence-electron chi connectivity index (χ0n) is 14.0. The van der Waals surface area contributed by atoms with Gasteiger partial charge in [0.1, 0.15) is 0 Å². The van der Waals surface area contributed by atoms with E-state index in [-0.39, 0.29) is 17.7 Å². The first-order chi connectivity index (χ1) is 11.0. The number of hydrogen-bond acceptors (Lipinski definition) is 2. The molecule has 0 bridgehead atoms. The number of aryl methyl sites for hydroxylation is 1. The van der Waals surface area contributed by atoms with Gasteiger partial charge in [-0.3, -0.25) is 0 Å². The summed E-state index contributed by atoms with van der Waals surface area (Å²) < 4.78 is 64.2. The Morgan fingerprint density at radius 3 is 2.33 bits per heavy atom. The number of hydrogen-bond donors (Lipinski definition) is 1. The van der Waals surface area contributed by atoms with Crippen molar-refractivity contribution in [3.05, 3.63) is 42.0 Å². The van der Waals surface area contributed by atoms with E-state index in [1.54, 1.807) is 12.1 Å². The monoisotopic (exact) mass is 363 g/mol. The van der Waals surface area contributed by atoms with Gasteiger partial charge in [-0.2, -0.15) is 13.2 Å². The molecule has 1 unspecified atom stereocenters. The van der Waals surface area contributed by atoms with Crippen LogP contribution < -0.4 is 4.72 Å². The number of alkyl halides is 3. The van der Waals surface area contributed by atoms with Gasteiger partial charge in [-0.05, 0) is 38.3 Å². The van der Waals surface area contributed by atoms with Gasteiger partial charge >= 0.3 is 6.18 Å². The molecule has 1 atom stereocenters. The van der Waals surface area contributed by atoms with Crippen molar-refractivity contribution in [2.45, 2.75) is 63.1 Å². The molecule has 0 spiro atoms. The van der Waals surface area contributed by atoms with Gasteiger partial charge in [-0.25, -0.2) is 13.1 Å². The molecule has 1 aromatic rings. The smallest absolute Gasteiger partial charge is 0.207 e. The largest absolute Gasteiger partial charge is 0.389 e. The van der Waals surface area contributed by atoms with Gasteiger partial charge in [0.15, 0.2) is 0 Å². The summed E-state index contributed by atoms with van der Waals surface area (Å²) in [7, 11) is -3.73. The van der Waals surface area contributed by atoms with Crippen LogP contribution in [-0.4, -0.2) is 20.6 Å². The highest BCUT2D eigenvalue weighted by Crippen LogP contribution is 2.25. The van der Waals surface area contributed by atoms with Gasteiger partial charge in [-0.15, -0.1) is 0 Å². The van der Waals surface area contributed by atoms with Crippen LogP contribution in [0.3, 0.4) is 0 Å². The van der Waals surface area contributed by atoms with E-state index in [0.29, 0.717) is 18.4 Å². The third-order valence-electron chi connectivity index (χ3n) is 3.66. The molecule has 136 valence electrons. The van der Waals surface area contributed by atoms with E-state index in [9.17, 15) is 21.6 Å². The maximum absolute atomic E-state index is 12.4. The van der Waals surface area contributed by atoms with Crippen molar-refractivity contribution in [1.29, 1.82) is 0 Å². The number of sulfonamides is 1. The van der Waals surface area contributed by atoms with Gasteiger partial charge in [0, 0.05) is 12.5 Å². The predicted octanol–water partition coefficient (Wildman–Crippen LogP) is 4.73. The van der Waals surface area contributed by atoms with Crippen LogP contribution in [0.2, 0.25) is 0 Å². The van der Waals surface area contributed by atoms with Crippen LogP contribution in [0.25, 0.3) is 0 Å². The molecule has 0 aromatic heterocycles. The van der Waals surface area contributed by atoms with Crippen molar-refractivity contribution in [3.8, 4) is 0 Å². The van der Waals surface area contributed by atoms with E-state index in [1.807, 2.05) is 13.8 Å². The zero-order valence-corrected chi connectivity index (χ0v) is 14.8. The molecule has 1 rings (SSSR count). The second kappa shape index (κ2) is 8.67. The second-order valence-electron chi connectivity index (χ2n) is 5.90. The fraction of sp³-hybridized carbons (Fsp3) is 0.529. The summed E-state index contributed by atoms with van der Waals surface area (Å²) in [6.45, 7) is 7.53. The third kappa shape index (κ3) is 7.05. The van der Waals surface area contributed by atoms with Crippen molar-refractivity contribution >= 4 is 10.0 Å². The topological polar surface area (TPSA) is 46.2 Å². The number of benzene rings is 1. The third-order valence-corrected chi connectivity index (χ3v) is 5.14. The average Bonchev–Trinajstić information content (AvgIpc) is 2.45. The molecule has 0 saturated carbocycles. The Kier molecular flexibility index (Phi) is 7.48.